The molecule has 0 spiro atoms. The van der Waals surface area contributed by atoms with Crippen molar-refractivity contribution in [1.29, 1.82) is 0 Å². The van der Waals surface area contributed by atoms with Crippen LogP contribution in [0.3, 0.4) is 0 Å². The van der Waals surface area contributed by atoms with Gasteiger partial charge in [0.2, 0.25) is 0 Å². The van der Waals surface area contributed by atoms with E-state index < -0.39 is 0 Å². The van der Waals surface area contributed by atoms with E-state index in [9.17, 15) is 0 Å². The molecule has 1 atom stereocenters. The Kier molecular flexibility index (Phi) is 3.67. The average molecular weight is 244 g/mol. The lowest BCUT2D eigenvalue weighted by Gasteiger charge is -2.20. The average Bonchev–Trinajstić information content (AvgIpc) is 2.27. The molecule has 96 valence electrons. The highest BCUT2D eigenvalue weighted by Gasteiger charge is 2.07. The van der Waals surface area contributed by atoms with Gasteiger partial charge in [-0.15, -0.1) is 0 Å². The molecule has 2 rings (SSSR count). The van der Waals surface area contributed by atoms with Crippen molar-refractivity contribution in [2.24, 2.45) is 0 Å². The lowest BCUT2D eigenvalue weighted by molar-refractivity contribution is 0.392. The maximum absolute atomic E-state index is 5.77. The van der Waals surface area contributed by atoms with Crippen molar-refractivity contribution in [2.75, 3.05) is 31.7 Å². The quantitative estimate of drug-likeness (QED) is 0.809. The summed E-state index contributed by atoms with van der Waals surface area (Å²) in [6.45, 7) is 3.16. The van der Waals surface area contributed by atoms with Crippen molar-refractivity contribution in [3.8, 4) is 0 Å². The van der Waals surface area contributed by atoms with Crippen LogP contribution in [0.15, 0.2) is 30.5 Å². The van der Waals surface area contributed by atoms with Gasteiger partial charge >= 0.3 is 0 Å². The Morgan fingerprint density at radius 3 is 2.83 bits per heavy atom. The van der Waals surface area contributed by atoms with Crippen LogP contribution in [0.1, 0.15) is 6.92 Å². The number of fused-ring (bicyclic) bond motifs is 1. The second-order valence-corrected chi connectivity index (χ2v) is 4.94. The molecule has 0 saturated carbocycles. The second-order valence-electron chi connectivity index (χ2n) is 4.94. The van der Waals surface area contributed by atoms with E-state index in [1.165, 1.54) is 0 Å². The smallest absolute Gasteiger partial charge is 0.0743 e. The van der Waals surface area contributed by atoms with E-state index in [2.05, 4.69) is 36.2 Å². The number of anilines is 2. The summed E-state index contributed by atoms with van der Waals surface area (Å²) in [6.07, 6.45) is 1.81. The molecule has 0 aliphatic heterocycles. The standard InChI is InChI=1S/C14H20N4/c1-10(9-18(2)3)17-13-6-7-16-14-8-11(15)4-5-12(13)14/h4-8,10H,9,15H2,1-3H3,(H,16,17). The largest absolute Gasteiger partial charge is 0.399 e. The molecule has 0 aliphatic rings. The van der Waals surface area contributed by atoms with Crippen LogP contribution in [-0.2, 0) is 0 Å². The zero-order valence-corrected chi connectivity index (χ0v) is 11.1. The van der Waals surface area contributed by atoms with Crippen LogP contribution in [0.2, 0.25) is 0 Å². The predicted molar refractivity (Wildman–Crippen MR) is 77.8 cm³/mol. The molecule has 1 aromatic carbocycles. The summed E-state index contributed by atoms with van der Waals surface area (Å²) in [5.74, 6) is 0. The molecule has 4 nitrogen and oxygen atoms in total. The summed E-state index contributed by atoms with van der Waals surface area (Å²) in [6, 6.07) is 8.21. The number of aromatic nitrogens is 1. The van der Waals surface area contributed by atoms with E-state index in [0.29, 0.717) is 6.04 Å². The van der Waals surface area contributed by atoms with Crippen LogP contribution in [0.5, 0.6) is 0 Å². The monoisotopic (exact) mass is 244 g/mol. The van der Waals surface area contributed by atoms with Crippen LogP contribution < -0.4 is 11.1 Å². The molecular formula is C14H20N4. The Balaban J connectivity index is 2.28. The van der Waals surface area contributed by atoms with Crippen molar-refractivity contribution in [3.05, 3.63) is 30.5 Å². The first-order chi connectivity index (χ1) is 8.56. The van der Waals surface area contributed by atoms with Crippen LogP contribution in [0.25, 0.3) is 10.9 Å². The van der Waals surface area contributed by atoms with Crippen LogP contribution in [0, 0.1) is 0 Å². The summed E-state index contributed by atoms with van der Waals surface area (Å²) < 4.78 is 0. The normalized spacial score (nSPS) is 12.9. The molecule has 0 amide bonds. The van der Waals surface area contributed by atoms with Gasteiger partial charge < -0.3 is 16.0 Å². The molecule has 0 aliphatic carbocycles. The first kappa shape index (κ1) is 12.6. The number of nitrogen functional groups attached to an aromatic ring is 1. The number of nitrogens with zero attached hydrogens (tertiary/aromatic N) is 2. The van der Waals surface area contributed by atoms with E-state index >= 15 is 0 Å². The van der Waals surface area contributed by atoms with Crippen molar-refractivity contribution < 1.29 is 0 Å². The molecule has 0 bridgehead atoms. The number of rotatable bonds is 4. The van der Waals surface area contributed by atoms with Gasteiger partial charge in [0.1, 0.15) is 0 Å². The molecule has 1 aromatic heterocycles. The van der Waals surface area contributed by atoms with Crippen LogP contribution in [0.4, 0.5) is 11.4 Å². The number of likely N-dealkylation sites (N-methyl/N-ethyl adjacent to an activating group) is 1. The number of benzene rings is 1. The van der Waals surface area contributed by atoms with Crippen molar-refractivity contribution >= 4 is 22.3 Å². The van der Waals surface area contributed by atoms with Gasteiger partial charge in [0.15, 0.2) is 0 Å². The Labute approximate surface area is 108 Å². The van der Waals surface area contributed by atoms with Crippen molar-refractivity contribution in [1.82, 2.24) is 9.88 Å². The first-order valence-corrected chi connectivity index (χ1v) is 6.12. The molecule has 0 radical (unpaired) electrons. The topological polar surface area (TPSA) is 54.2 Å². The van der Waals surface area contributed by atoms with Crippen LogP contribution in [-0.4, -0.2) is 36.6 Å². The second kappa shape index (κ2) is 5.23. The maximum atomic E-state index is 5.77. The molecule has 0 fully saturated rings. The van der Waals surface area contributed by atoms with E-state index in [1.807, 2.05) is 30.5 Å². The Morgan fingerprint density at radius 2 is 2.11 bits per heavy atom. The summed E-state index contributed by atoms with van der Waals surface area (Å²) in [5.41, 5.74) is 8.55. The minimum Gasteiger partial charge on any atom is -0.399 e. The van der Waals surface area contributed by atoms with Gasteiger partial charge in [-0.1, -0.05) is 0 Å². The maximum Gasteiger partial charge on any atom is 0.0743 e. The van der Waals surface area contributed by atoms with Gasteiger partial charge in [-0.25, -0.2) is 0 Å². The van der Waals surface area contributed by atoms with E-state index in [1.54, 1.807) is 0 Å². The van der Waals surface area contributed by atoms with Gasteiger partial charge in [0.25, 0.3) is 0 Å². The zero-order valence-electron chi connectivity index (χ0n) is 11.1. The molecule has 0 saturated heterocycles. The van der Waals surface area contributed by atoms with Gasteiger partial charge in [0.05, 0.1) is 5.52 Å². The summed E-state index contributed by atoms with van der Waals surface area (Å²) >= 11 is 0. The van der Waals surface area contributed by atoms with Gasteiger partial charge in [0, 0.05) is 35.5 Å². The highest BCUT2D eigenvalue weighted by molar-refractivity contribution is 5.92. The third-order valence-electron chi connectivity index (χ3n) is 2.81. The summed E-state index contributed by atoms with van der Waals surface area (Å²) in [5, 5.41) is 4.62. The minimum atomic E-state index is 0.378. The van der Waals surface area contributed by atoms with E-state index in [0.717, 1.165) is 28.8 Å². The number of hydrogen-bond acceptors (Lipinski definition) is 4. The molecule has 3 N–H and O–H groups in total. The fraction of sp³-hybridized carbons (Fsp3) is 0.357. The highest BCUT2D eigenvalue weighted by Crippen LogP contribution is 2.23. The lowest BCUT2D eigenvalue weighted by Crippen LogP contribution is -2.29. The minimum absolute atomic E-state index is 0.378. The van der Waals surface area contributed by atoms with Crippen molar-refractivity contribution in [2.45, 2.75) is 13.0 Å². The highest BCUT2D eigenvalue weighted by atomic mass is 15.1. The number of nitrogens with one attached hydrogen (secondary N) is 1. The number of hydrogen-bond donors (Lipinski definition) is 2. The van der Waals surface area contributed by atoms with E-state index in [4.69, 9.17) is 5.73 Å². The number of nitrogens with two attached hydrogens (primary N) is 1. The zero-order chi connectivity index (χ0) is 13.1. The number of pyridine rings is 1. The Hall–Kier alpha value is -1.81. The lowest BCUT2D eigenvalue weighted by atomic mass is 10.1. The van der Waals surface area contributed by atoms with E-state index in [-0.39, 0.29) is 0 Å². The first-order valence-electron chi connectivity index (χ1n) is 6.12. The van der Waals surface area contributed by atoms with Crippen molar-refractivity contribution in [3.63, 3.8) is 0 Å². The Bertz CT molecular complexity index is 536. The van der Waals surface area contributed by atoms with Crippen LogP contribution >= 0.6 is 0 Å². The fourth-order valence-corrected chi connectivity index (χ4v) is 2.15. The van der Waals surface area contributed by atoms with Gasteiger partial charge in [-0.05, 0) is 45.3 Å². The predicted octanol–water partition coefficient (Wildman–Crippen LogP) is 2.18. The van der Waals surface area contributed by atoms with Gasteiger partial charge in [-0.3, -0.25) is 4.98 Å². The molecular weight excluding hydrogens is 224 g/mol. The molecule has 1 unspecified atom stereocenters. The SMILES string of the molecule is CC(CN(C)C)Nc1ccnc2cc(N)ccc12. The molecule has 4 heteroatoms. The Morgan fingerprint density at radius 1 is 1.33 bits per heavy atom. The molecule has 1 heterocycles. The summed E-state index contributed by atoms with van der Waals surface area (Å²) in [4.78, 5) is 6.51. The summed E-state index contributed by atoms with van der Waals surface area (Å²) in [7, 11) is 4.15. The third-order valence-corrected chi connectivity index (χ3v) is 2.81. The molecule has 2 aromatic rings. The fourth-order valence-electron chi connectivity index (χ4n) is 2.15. The van der Waals surface area contributed by atoms with Gasteiger partial charge in [-0.2, -0.15) is 0 Å². The third kappa shape index (κ3) is 2.90. The molecule has 18 heavy (non-hydrogen) atoms.